The first-order valence-electron chi connectivity index (χ1n) is 11.8. The molecule has 2 heterocycles. The number of likely N-dealkylation sites (N-methyl/N-ethyl adjacent to an activating group) is 1. The summed E-state index contributed by atoms with van der Waals surface area (Å²) in [6.45, 7) is 11.9. The Balaban J connectivity index is 0.000000638. The van der Waals surface area contributed by atoms with E-state index in [-0.39, 0.29) is 17.1 Å². The van der Waals surface area contributed by atoms with Gasteiger partial charge < -0.3 is 10.0 Å². The zero-order valence-corrected chi connectivity index (χ0v) is 21.8. The number of hydrazine groups is 1. The van der Waals surface area contributed by atoms with Gasteiger partial charge in [-0.25, -0.2) is 9.78 Å². The molecule has 13 heteroatoms. The van der Waals surface area contributed by atoms with Gasteiger partial charge in [-0.05, 0) is 30.2 Å². The maximum Gasteiger partial charge on any atom is 0.490 e. The average Bonchev–Trinajstić information content (AvgIpc) is 2.84. The summed E-state index contributed by atoms with van der Waals surface area (Å²) in [5.74, 6) is -2.42. The van der Waals surface area contributed by atoms with Gasteiger partial charge in [0.25, 0.3) is 5.91 Å². The van der Waals surface area contributed by atoms with Crippen LogP contribution >= 0.6 is 0 Å². The summed E-state index contributed by atoms with van der Waals surface area (Å²) in [5, 5.41) is 17.9. The Bertz CT molecular complexity index is 1120. The van der Waals surface area contributed by atoms with Crippen molar-refractivity contribution in [2.24, 2.45) is 5.41 Å². The second-order valence-corrected chi connectivity index (χ2v) is 10.0. The number of carboxylic acids is 1. The van der Waals surface area contributed by atoms with Gasteiger partial charge in [-0.1, -0.05) is 32.9 Å². The van der Waals surface area contributed by atoms with Crippen LogP contribution in [0.4, 0.5) is 19.0 Å². The number of alkyl halides is 3. The second-order valence-electron chi connectivity index (χ2n) is 10.0. The van der Waals surface area contributed by atoms with Gasteiger partial charge in [-0.15, -0.1) is 0 Å². The molecule has 0 radical (unpaired) electrons. The molecule has 0 unspecified atom stereocenters. The van der Waals surface area contributed by atoms with Crippen LogP contribution in [0.3, 0.4) is 0 Å². The smallest absolute Gasteiger partial charge is 0.475 e. The summed E-state index contributed by atoms with van der Waals surface area (Å²) in [6, 6.07) is 11.4. The molecule has 2 aromatic rings. The normalized spacial score (nSPS) is 14.6. The van der Waals surface area contributed by atoms with Gasteiger partial charge in [0.2, 0.25) is 5.82 Å². The summed E-state index contributed by atoms with van der Waals surface area (Å²) >= 11 is 0. The minimum atomic E-state index is -5.08. The lowest BCUT2D eigenvalue weighted by molar-refractivity contribution is -0.192. The minimum Gasteiger partial charge on any atom is -0.475 e. The third kappa shape index (κ3) is 10.3. The molecule has 38 heavy (non-hydrogen) atoms. The number of hydrogen-bond acceptors (Lipinski definition) is 8. The predicted molar refractivity (Wildman–Crippen MR) is 134 cm³/mol. The number of benzene rings is 1. The maximum absolute atomic E-state index is 12.9. The Hall–Kier alpha value is -3.76. The third-order valence-electron chi connectivity index (χ3n) is 5.35. The highest BCUT2D eigenvalue weighted by Gasteiger charge is 2.38. The number of piperazine rings is 1. The summed E-state index contributed by atoms with van der Waals surface area (Å²) in [4.78, 5) is 34.7. The van der Waals surface area contributed by atoms with Crippen LogP contribution in [-0.2, 0) is 11.3 Å². The van der Waals surface area contributed by atoms with E-state index in [1.165, 1.54) is 11.8 Å². The Morgan fingerprint density at radius 3 is 2.18 bits per heavy atom. The van der Waals surface area contributed by atoms with E-state index in [9.17, 15) is 18.0 Å². The Kier molecular flexibility index (Phi) is 10.5. The molecule has 1 aliphatic heterocycles. The SMILES string of the molecule is CN1CCN(Cc2ccc(C(=O)NN(CC(C)(C)C)c3ccnc(C#N)n3)cc2)CC1.O=C(O)C(F)(F)F. The number of carbonyl (C=O) groups excluding carboxylic acids is 1. The lowest BCUT2D eigenvalue weighted by atomic mass is 9.97. The predicted octanol–water partition coefficient (Wildman–Crippen LogP) is 2.93. The summed E-state index contributed by atoms with van der Waals surface area (Å²) < 4.78 is 31.7. The number of rotatable bonds is 6. The largest absolute Gasteiger partial charge is 0.490 e. The molecule has 0 atom stereocenters. The fourth-order valence-electron chi connectivity index (χ4n) is 3.42. The lowest BCUT2D eigenvalue weighted by Crippen LogP contribution is -2.47. The van der Waals surface area contributed by atoms with E-state index in [0.29, 0.717) is 17.9 Å². The number of nitrogens with one attached hydrogen (secondary N) is 1. The van der Waals surface area contributed by atoms with Gasteiger partial charge in [-0.2, -0.15) is 23.4 Å². The number of hydrogen-bond donors (Lipinski definition) is 2. The number of nitrogens with zero attached hydrogens (tertiary/aromatic N) is 6. The summed E-state index contributed by atoms with van der Waals surface area (Å²) in [6.07, 6.45) is -3.56. The van der Waals surface area contributed by atoms with Crippen molar-refractivity contribution in [2.75, 3.05) is 44.8 Å². The fraction of sp³-hybridized carbons (Fsp3) is 0.480. The molecule has 0 bridgehead atoms. The van der Waals surface area contributed by atoms with Crippen LogP contribution < -0.4 is 10.4 Å². The molecule has 1 aromatic carbocycles. The number of carbonyl (C=O) groups is 2. The molecule has 1 saturated heterocycles. The topological polar surface area (TPSA) is 126 Å². The van der Waals surface area contributed by atoms with Gasteiger partial charge in [0.1, 0.15) is 6.07 Å². The van der Waals surface area contributed by atoms with E-state index >= 15 is 0 Å². The summed E-state index contributed by atoms with van der Waals surface area (Å²) in [5.41, 5.74) is 4.62. The van der Waals surface area contributed by atoms with Gasteiger partial charge in [-0.3, -0.25) is 20.1 Å². The van der Waals surface area contributed by atoms with Crippen LogP contribution in [-0.4, -0.2) is 82.7 Å². The van der Waals surface area contributed by atoms with Gasteiger partial charge in [0.05, 0.1) is 0 Å². The van der Waals surface area contributed by atoms with Crippen LogP contribution in [0.1, 0.15) is 42.5 Å². The van der Waals surface area contributed by atoms with Crippen molar-refractivity contribution >= 4 is 17.7 Å². The first-order chi connectivity index (χ1) is 17.7. The highest BCUT2D eigenvalue weighted by atomic mass is 19.4. The fourth-order valence-corrected chi connectivity index (χ4v) is 3.42. The van der Waals surface area contributed by atoms with Crippen LogP contribution in [0.25, 0.3) is 0 Å². The maximum atomic E-state index is 12.9. The molecule has 2 N–H and O–H groups in total. The molecule has 1 aromatic heterocycles. The van der Waals surface area contributed by atoms with Gasteiger partial charge in [0.15, 0.2) is 5.82 Å². The Labute approximate surface area is 219 Å². The number of anilines is 1. The molecule has 1 fully saturated rings. The van der Waals surface area contributed by atoms with E-state index in [0.717, 1.165) is 32.7 Å². The number of amides is 1. The third-order valence-corrected chi connectivity index (χ3v) is 5.35. The summed E-state index contributed by atoms with van der Waals surface area (Å²) in [7, 11) is 2.15. The van der Waals surface area contributed by atoms with E-state index < -0.39 is 12.1 Å². The van der Waals surface area contributed by atoms with Gasteiger partial charge in [0, 0.05) is 57.1 Å². The Morgan fingerprint density at radius 1 is 1.11 bits per heavy atom. The van der Waals surface area contributed by atoms with Crippen LogP contribution in [0.2, 0.25) is 0 Å². The molecular weight excluding hydrogens is 503 g/mol. The lowest BCUT2D eigenvalue weighted by Gasteiger charge is -2.32. The highest BCUT2D eigenvalue weighted by Crippen LogP contribution is 2.19. The molecule has 0 spiro atoms. The van der Waals surface area contributed by atoms with Crippen molar-refractivity contribution in [1.29, 1.82) is 5.26 Å². The van der Waals surface area contributed by atoms with Crippen molar-refractivity contribution in [2.45, 2.75) is 33.5 Å². The number of aromatic nitrogens is 2. The van der Waals surface area contributed by atoms with Crippen molar-refractivity contribution in [3.05, 3.63) is 53.5 Å². The van der Waals surface area contributed by atoms with E-state index in [2.05, 4.69) is 53.0 Å². The Morgan fingerprint density at radius 2 is 1.68 bits per heavy atom. The molecule has 0 saturated carbocycles. The number of nitriles is 1. The first kappa shape index (κ1) is 30.5. The molecule has 1 amide bonds. The van der Waals surface area contributed by atoms with Crippen molar-refractivity contribution in [3.63, 3.8) is 0 Å². The zero-order chi connectivity index (χ0) is 28.5. The first-order valence-corrected chi connectivity index (χ1v) is 11.8. The molecule has 0 aliphatic carbocycles. The van der Waals surface area contributed by atoms with E-state index in [1.807, 2.05) is 30.3 Å². The number of carboxylic acid groups (broad SMARTS) is 1. The van der Waals surface area contributed by atoms with E-state index in [1.54, 1.807) is 11.1 Å². The standard InChI is InChI=1S/C23H31N7O.C2HF3O2/c1-23(2,3)17-30(21-9-10-25-20(15-24)26-21)27-22(31)19-7-5-18(6-8-19)16-29-13-11-28(4)12-14-29;3-2(4,5)1(6)7/h5-10H,11-14,16-17H2,1-4H3,(H,27,31);(H,6,7). The van der Waals surface area contributed by atoms with Crippen molar-refractivity contribution in [3.8, 4) is 6.07 Å². The van der Waals surface area contributed by atoms with Crippen LogP contribution in [0.15, 0.2) is 36.5 Å². The second kappa shape index (κ2) is 13.2. The number of halogens is 3. The van der Waals surface area contributed by atoms with Gasteiger partial charge >= 0.3 is 12.1 Å². The number of aliphatic carboxylic acids is 1. The molecule has 10 nitrogen and oxygen atoms in total. The van der Waals surface area contributed by atoms with Crippen LogP contribution in [0.5, 0.6) is 0 Å². The average molecular weight is 536 g/mol. The quantitative estimate of drug-likeness (QED) is 0.537. The van der Waals surface area contributed by atoms with Crippen molar-refractivity contribution < 1.29 is 27.9 Å². The molecule has 1 aliphatic rings. The van der Waals surface area contributed by atoms with E-state index in [4.69, 9.17) is 15.2 Å². The zero-order valence-electron chi connectivity index (χ0n) is 21.8. The molecule has 3 rings (SSSR count). The minimum absolute atomic E-state index is 0.0684. The monoisotopic (exact) mass is 535 g/mol. The highest BCUT2D eigenvalue weighted by molar-refractivity contribution is 5.95. The van der Waals surface area contributed by atoms with Crippen molar-refractivity contribution in [1.82, 2.24) is 25.2 Å². The molecular formula is C25H32F3N7O3. The molecule has 206 valence electrons. The van der Waals surface area contributed by atoms with Crippen LogP contribution in [0, 0.1) is 16.7 Å².